The second-order valence-electron chi connectivity index (χ2n) is 5.67. The summed E-state index contributed by atoms with van der Waals surface area (Å²) < 4.78 is 41.6. The summed E-state index contributed by atoms with van der Waals surface area (Å²) in [6, 6.07) is 4.32. The van der Waals surface area contributed by atoms with E-state index in [0.717, 1.165) is 0 Å². The lowest BCUT2D eigenvalue weighted by Gasteiger charge is -2.20. The lowest BCUT2D eigenvalue weighted by molar-refractivity contribution is -0.159. The van der Waals surface area contributed by atoms with Crippen molar-refractivity contribution in [2.24, 2.45) is 5.92 Å². The third kappa shape index (κ3) is 4.38. The quantitative estimate of drug-likeness (QED) is 0.809. The first-order valence-electron chi connectivity index (χ1n) is 7.68. The maximum atomic E-state index is 12.5. The van der Waals surface area contributed by atoms with Crippen LogP contribution in [0.4, 0.5) is 13.2 Å². The molecule has 2 unspecified atom stereocenters. The fourth-order valence-corrected chi connectivity index (χ4v) is 2.13. The molecule has 10 heteroatoms. The topological polar surface area (TPSA) is 105 Å². The lowest BCUT2D eigenvalue weighted by Crippen LogP contribution is -2.45. The largest absolute Gasteiger partial charge is 0.480 e. The molecule has 0 radical (unpaired) electrons. The Bertz CT molecular complexity index is 787. The van der Waals surface area contributed by atoms with Gasteiger partial charge in [0.15, 0.2) is 0 Å². The van der Waals surface area contributed by atoms with E-state index >= 15 is 0 Å². The maximum Gasteiger partial charge on any atom is 0.471 e. The predicted molar refractivity (Wildman–Crippen MR) is 83.1 cm³/mol. The molecule has 2 N–H and O–H groups in total. The van der Waals surface area contributed by atoms with Crippen molar-refractivity contribution >= 4 is 11.9 Å². The van der Waals surface area contributed by atoms with E-state index in [4.69, 9.17) is 0 Å². The van der Waals surface area contributed by atoms with Crippen molar-refractivity contribution in [3.8, 4) is 11.4 Å². The molecule has 0 aliphatic heterocycles. The third-order valence-electron chi connectivity index (χ3n) is 3.84. The Balaban J connectivity index is 2.15. The van der Waals surface area contributed by atoms with Crippen LogP contribution in [-0.2, 0) is 11.0 Å². The van der Waals surface area contributed by atoms with Crippen LogP contribution in [0.3, 0.4) is 0 Å². The van der Waals surface area contributed by atoms with Crippen LogP contribution in [0.15, 0.2) is 28.8 Å². The molecule has 2 rings (SSSR count). The number of nitrogens with zero attached hydrogens (tertiary/aromatic N) is 2. The van der Waals surface area contributed by atoms with Gasteiger partial charge in [-0.3, -0.25) is 4.79 Å². The van der Waals surface area contributed by atoms with Gasteiger partial charge in [-0.05, 0) is 18.1 Å². The minimum atomic E-state index is -4.74. The smallest absolute Gasteiger partial charge is 0.471 e. The normalized spacial score (nSPS) is 13.9. The van der Waals surface area contributed by atoms with Crippen molar-refractivity contribution in [2.45, 2.75) is 32.5 Å². The molecule has 1 heterocycles. The molecule has 0 saturated carbocycles. The Kier molecular flexibility index (Phi) is 5.63. The van der Waals surface area contributed by atoms with Gasteiger partial charge in [0.1, 0.15) is 6.04 Å². The van der Waals surface area contributed by atoms with Crippen molar-refractivity contribution in [3.63, 3.8) is 0 Å². The van der Waals surface area contributed by atoms with E-state index in [0.29, 0.717) is 6.42 Å². The molecule has 2 aromatic rings. The number of halogens is 3. The van der Waals surface area contributed by atoms with E-state index < -0.39 is 30.0 Å². The fraction of sp³-hybridized carbons (Fsp3) is 0.375. The number of hydrogen-bond donors (Lipinski definition) is 2. The van der Waals surface area contributed by atoms with Crippen molar-refractivity contribution in [3.05, 3.63) is 35.7 Å². The van der Waals surface area contributed by atoms with Crippen molar-refractivity contribution in [1.82, 2.24) is 15.5 Å². The third-order valence-corrected chi connectivity index (χ3v) is 3.84. The summed E-state index contributed by atoms with van der Waals surface area (Å²) in [7, 11) is 0. The number of alkyl halides is 3. The van der Waals surface area contributed by atoms with Gasteiger partial charge in [0.2, 0.25) is 5.82 Å². The molecule has 0 saturated heterocycles. The monoisotopic (exact) mass is 371 g/mol. The molecule has 1 amide bonds. The van der Waals surface area contributed by atoms with Gasteiger partial charge in [-0.2, -0.15) is 18.2 Å². The van der Waals surface area contributed by atoms with Crippen LogP contribution in [-0.4, -0.2) is 33.2 Å². The number of carboxylic acid groups (broad SMARTS) is 1. The van der Waals surface area contributed by atoms with E-state index in [1.807, 2.05) is 6.92 Å². The van der Waals surface area contributed by atoms with Gasteiger partial charge in [0.05, 0.1) is 0 Å². The van der Waals surface area contributed by atoms with E-state index in [1.54, 1.807) is 6.92 Å². The Morgan fingerprint density at radius 3 is 2.35 bits per heavy atom. The van der Waals surface area contributed by atoms with E-state index in [1.165, 1.54) is 24.3 Å². The number of aromatic nitrogens is 2. The highest BCUT2D eigenvalue weighted by molar-refractivity contribution is 5.97. The van der Waals surface area contributed by atoms with Gasteiger partial charge >= 0.3 is 18.0 Å². The molecule has 2 atom stereocenters. The standard InChI is InChI=1S/C16H16F3N3O4/c1-3-8(2)11(14(24)25)20-13(23)10-6-4-9(5-7-10)12-21-15(26-22-12)16(17,18)19/h4-8,11H,3H2,1-2H3,(H,20,23)(H,24,25). The second kappa shape index (κ2) is 7.54. The van der Waals surface area contributed by atoms with Crippen LogP contribution in [0.5, 0.6) is 0 Å². The average Bonchev–Trinajstić information content (AvgIpc) is 3.09. The van der Waals surface area contributed by atoms with Crippen LogP contribution in [0, 0.1) is 5.92 Å². The zero-order valence-electron chi connectivity index (χ0n) is 13.9. The molecule has 0 spiro atoms. The SMILES string of the molecule is CCC(C)C(NC(=O)c1ccc(-c2noc(C(F)(F)F)n2)cc1)C(=O)O. The molecule has 7 nitrogen and oxygen atoms in total. The molecular weight excluding hydrogens is 355 g/mol. The summed E-state index contributed by atoms with van der Waals surface area (Å²) in [5.41, 5.74) is 0.375. The van der Waals surface area contributed by atoms with Gasteiger partial charge < -0.3 is 14.9 Å². The maximum absolute atomic E-state index is 12.5. The number of carbonyl (C=O) groups is 2. The van der Waals surface area contributed by atoms with Gasteiger partial charge in [-0.25, -0.2) is 4.79 Å². The van der Waals surface area contributed by atoms with Crippen molar-refractivity contribution < 1.29 is 32.4 Å². The minimum Gasteiger partial charge on any atom is -0.480 e. The van der Waals surface area contributed by atoms with Crippen LogP contribution < -0.4 is 5.32 Å². The number of rotatable bonds is 6. The summed E-state index contributed by atoms with van der Waals surface area (Å²) in [6.07, 6.45) is -4.18. The molecule has 140 valence electrons. The van der Waals surface area contributed by atoms with Crippen LogP contribution in [0.25, 0.3) is 11.4 Å². The Hall–Kier alpha value is -2.91. The summed E-state index contributed by atoms with van der Waals surface area (Å²) in [4.78, 5) is 26.7. The summed E-state index contributed by atoms with van der Waals surface area (Å²) in [5, 5.41) is 14.9. The predicted octanol–water partition coefficient (Wildman–Crippen LogP) is 2.98. The number of nitrogens with one attached hydrogen (secondary N) is 1. The molecule has 0 bridgehead atoms. The van der Waals surface area contributed by atoms with Crippen LogP contribution in [0.2, 0.25) is 0 Å². The van der Waals surface area contributed by atoms with Gasteiger partial charge in [-0.1, -0.05) is 37.6 Å². The van der Waals surface area contributed by atoms with E-state index in [-0.39, 0.29) is 22.9 Å². The Labute approximate surface area is 146 Å². The summed E-state index contributed by atoms with van der Waals surface area (Å²) in [5.74, 6) is -3.75. The highest BCUT2D eigenvalue weighted by atomic mass is 19.4. The zero-order chi connectivity index (χ0) is 19.5. The highest BCUT2D eigenvalue weighted by Gasteiger charge is 2.38. The van der Waals surface area contributed by atoms with E-state index in [2.05, 4.69) is 20.0 Å². The number of carboxylic acids is 1. The number of benzene rings is 1. The molecular formula is C16H16F3N3O4. The van der Waals surface area contributed by atoms with Crippen molar-refractivity contribution in [2.75, 3.05) is 0 Å². The van der Waals surface area contributed by atoms with Crippen LogP contribution >= 0.6 is 0 Å². The fourth-order valence-electron chi connectivity index (χ4n) is 2.13. The molecule has 1 aromatic carbocycles. The average molecular weight is 371 g/mol. The summed E-state index contributed by atoms with van der Waals surface area (Å²) >= 11 is 0. The molecule has 1 aromatic heterocycles. The first kappa shape index (κ1) is 19.4. The number of carbonyl (C=O) groups excluding carboxylic acids is 1. The number of hydrogen-bond acceptors (Lipinski definition) is 5. The Morgan fingerprint density at radius 2 is 1.88 bits per heavy atom. The molecule has 0 fully saturated rings. The van der Waals surface area contributed by atoms with E-state index in [9.17, 15) is 27.9 Å². The first-order chi connectivity index (χ1) is 12.1. The van der Waals surface area contributed by atoms with Gasteiger partial charge in [0.25, 0.3) is 5.91 Å². The lowest BCUT2D eigenvalue weighted by atomic mass is 9.99. The van der Waals surface area contributed by atoms with Crippen molar-refractivity contribution in [1.29, 1.82) is 0 Å². The second-order valence-corrected chi connectivity index (χ2v) is 5.67. The van der Waals surface area contributed by atoms with Crippen LogP contribution in [0.1, 0.15) is 36.5 Å². The number of aliphatic carboxylic acids is 1. The number of amides is 1. The van der Waals surface area contributed by atoms with Gasteiger partial charge in [-0.15, -0.1) is 0 Å². The molecule has 26 heavy (non-hydrogen) atoms. The first-order valence-corrected chi connectivity index (χ1v) is 7.68. The minimum absolute atomic E-state index is 0.155. The summed E-state index contributed by atoms with van der Waals surface area (Å²) in [6.45, 7) is 3.51. The zero-order valence-corrected chi connectivity index (χ0v) is 13.9. The Morgan fingerprint density at radius 1 is 1.27 bits per heavy atom. The molecule has 0 aliphatic rings. The molecule has 0 aliphatic carbocycles. The highest BCUT2D eigenvalue weighted by Crippen LogP contribution is 2.29. The van der Waals surface area contributed by atoms with Gasteiger partial charge in [0, 0.05) is 11.1 Å².